The van der Waals surface area contributed by atoms with Gasteiger partial charge in [0.15, 0.2) is 0 Å². The molecule has 1 saturated heterocycles. The second-order valence-electron chi connectivity index (χ2n) is 7.89. The standard InChI is InChI=1S/C19H23N5OS/c1-19(2,3)15-6-4-14(5-7-15)17(25)23-10-8-13(9-11-23)16-22-24-12-20-21-18(24)26-16/h4-7,12-13H,8-11H2,1-3H3. The summed E-state index contributed by atoms with van der Waals surface area (Å²) in [7, 11) is 0. The summed E-state index contributed by atoms with van der Waals surface area (Å²) in [5.41, 5.74) is 2.12. The third-order valence-electron chi connectivity index (χ3n) is 5.03. The maximum atomic E-state index is 12.8. The van der Waals surface area contributed by atoms with Crippen molar-refractivity contribution in [2.24, 2.45) is 0 Å². The number of rotatable bonds is 2. The molecule has 2 aromatic heterocycles. The predicted molar refractivity (Wildman–Crippen MR) is 102 cm³/mol. The summed E-state index contributed by atoms with van der Waals surface area (Å²) < 4.78 is 1.73. The summed E-state index contributed by atoms with van der Waals surface area (Å²) in [5.74, 6) is 0.524. The van der Waals surface area contributed by atoms with Crippen molar-refractivity contribution >= 4 is 22.2 Å². The molecule has 1 aliphatic heterocycles. The number of nitrogens with zero attached hydrogens (tertiary/aromatic N) is 5. The van der Waals surface area contributed by atoms with E-state index in [1.807, 2.05) is 17.0 Å². The van der Waals surface area contributed by atoms with E-state index in [4.69, 9.17) is 0 Å². The molecule has 0 saturated carbocycles. The molecule has 1 fully saturated rings. The van der Waals surface area contributed by atoms with Gasteiger partial charge in [-0.05, 0) is 36.0 Å². The summed E-state index contributed by atoms with van der Waals surface area (Å²) in [6.07, 6.45) is 3.51. The molecule has 0 N–H and O–H groups in total. The van der Waals surface area contributed by atoms with Crippen molar-refractivity contribution in [3.63, 3.8) is 0 Å². The average Bonchev–Trinajstić information content (AvgIpc) is 3.23. The zero-order valence-electron chi connectivity index (χ0n) is 15.3. The van der Waals surface area contributed by atoms with Gasteiger partial charge in [-0.3, -0.25) is 4.79 Å². The van der Waals surface area contributed by atoms with Crippen LogP contribution in [0, 0.1) is 0 Å². The van der Waals surface area contributed by atoms with Gasteiger partial charge in [0.2, 0.25) is 4.96 Å². The van der Waals surface area contributed by atoms with E-state index < -0.39 is 0 Å². The molecule has 1 amide bonds. The fourth-order valence-corrected chi connectivity index (χ4v) is 4.35. The van der Waals surface area contributed by atoms with E-state index in [1.54, 1.807) is 22.2 Å². The number of aromatic nitrogens is 4. The normalized spacial score (nSPS) is 16.3. The Morgan fingerprint density at radius 1 is 1.15 bits per heavy atom. The first-order valence-electron chi connectivity index (χ1n) is 8.98. The Bertz CT molecular complexity index is 885. The molecular weight excluding hydrogens is 346 g/mol. The molecule has 3 aromatic rings. The molecule has 136 valence electrons. The highest BCUT2D eigenvalue weighted by atomic mass is 32.1. The smallest absolute Gasteiger partial charge is 0.253 e. The minimum atomic E-state index is 0.100. The van der Waals surface area contributed by atoms with Crippen molar-refractivity contribution in [2.45, 2.75) is 44.9 Å². The van der Waals surface area contributed by atoms with E-state index >= 15 is 0 Å². The topological polar surface area (TPSA) is 63.4 Å². The molecule has 0 bridgehead atoms. The number of carbonyl (C=O) groups is 1. The van der Waals surface area contributed by atoms with Crippen molar-refractivity contribution in [1.29, 1.82) is 0 Å². The summed E-state index contributed by atoms with van der Waals surface area (Å²) in [6.45, 7) is 8.08. The van der Waals surface area contributed by atoms with Crippen molar-refractivity contribution in [1.82, 2.24) is 24.7 Å². The van der Waals surface area contributed by atoms with Crippen LogP contribution in [0.2, 0.25) is 0 Å². The van der Waals surface area contributed by atoms with E-state index in [-0.39, 0.29) is 11.3 Å². The Morgan fingerprint density at radius 3 is 2.46 bits per heavy atom. The highest BCUT2D eigenvalue weighted by Crippen LogP contribution is 2.31. The lowest BCUT2D eigenvalue weighted by Crippen LogP contribution is -2.38. The monoisotopic (exact) mass is 369 g/mol. The SMILES string of the molecule is CC(C)(C)c1ccc(C(=O)N2CCC(c3nn4cnnc4s3)CC2)cc1. The van der Waals surface area contributed by atoms with Gasteiger partial charge in [-0.1, -0.05) is 44.2 Å². The molecule has 0 atom stereocenters. The highest BCUT2D eigenvalue weighted by molar-refractivity contribution is 7.16. The van der Waals surface area contributed by atoms with Gasteiger partial charge in [0.1, 0.15) is 11.3 Å². The number of hydrogen-bond donors (Lipinski definition) is 0. The van der Waals surface area contributed by atoms with E-state index in [0.717, 1.165) is 41.5 Å². The number of piperidine rings is 1. The van der Waals surface area contributed by atoms with Crippen LogP contribution in [0.4, 0.5) is 0 Å². The van der Waals surface area contributed by atoms with Crippen LogP contribution in [0.15, 0.2) is 30.6 Å². The molecule has 6 nitrogen and oxygen atoms in total. The van der Waals surface area contributed by atoms with Crippen LogP contribution in [-0.4, -0.2) is 43.7 Å². The first-order chi connectivity index (χ1) is 12.4. The van der Waals surface area contributed by atoms with Crippen molar-refractivity contribution < 1.29 is 4.79 Å². The third-order valence-corrected chi connectivity index (χ3v) is 6.11. The quantitative estimate of drug-likeness (QED) is 0.693. The van der Waals surface area contributed by atoms with Gasteiger partial charge in [0.05, 0.1) is 0 Å². The molecule has 4 rings (SSSR count). The maximum absolute atomic E-state index is 12.8. The van der Waals surface area contributed by atoms with E-state index in [1.165, 1.54) is 5.56 Å². The number of amides is 1. The van der Waals surface area contributed by atoms with Crippen molar-refractivity contribution in [2.75, 3.05) is 13.1 Å². The van der Waals surface area contributed by atoms with E-state index in [9.17, 15) is 4.79 Å². The van der Waals surface area contributed by atoms with Gasteiger partial charge in [0.25, 0.3) is 5.91 Å². The number of benzene rings is 1. The van der Waals surface area contributed by atoms with Crippen LogP contribution in [0.25, 0.3) is 4.96 Å². The second-order valence-corrected chi connectivity index (χ2v) is 8.88. The van der Waals surface area contributed by atoms with Gasteiger partial charge in [-0.15, -0.1) is 10.2 Å². The minimum absolute atomic E-state index is 0.100. The first kappa shape index (κ1) is 17.1. The van der Waals surface area contributed by atoms with Gasteiger partial charge in [-0.2, -0.15) is 9.61 Å². The molecule has 0 spiro atoms. The lowest BCUT2D eigenvalue weighted by Gasteiger charge is -2.31. The Balaban J connectivity index is 1.41. The van der Waals surface area contributed by atoms with Crippen LogP contribution in [0.3, 0.4) is 0 Å². The summed E-state index contributed by atoms with van der Waals surface area (Å²) >= 11 is 1.60. The fourth-order valence-electron chi connectivity index (χ4n) is 3.37. The molecule has 0 radical (unpaired) electrons. The molecule has 3 heterocycles. The Kier molecular flexibility index (Phi) is 4.26. The third kappa shape index (κ3) is 3.23. The van der Waals surface area contributed by atoms with Crippen LogP contribution in [0.1, 0.15) is 60.5 Å². The zero-order chi connectivity index (χ0) is 18.3. The fraction of sp³-hybridized carbons (Fsp3) is 0.474. The maximum Gasteiger partial charge on any atom is 0.253 e. The molecule has 26 heavy (non-hydrogen) atoms. The summed E-state index contributed by atoms with van der Waals surface area (Å²) in [6, 6.07) is 8.05. The van der Waals surface area contributed by atoms with Crippen LogP contribution in [0.5, 0.6) is 0 Å². The van der Waals surface area contributed by atoms with Gasteiger partial charge in [0, 0.05) is 24.6 Å². The Morgan fingerprint density at radius 2 is 1.85 bits per heavy atom. The van der Waals surface area contributed by atoms with Crippen LogP contribution < -0.4 is 0 Å². The molecule has 7 heteroatoms. The van der Waals surface area contributed by atoms with E-state index in [2.05, 4.69) is 48.2 Å². The lowest BCUT2D eigenvalue weighted by molar-refractivity contribution is 0.0712. The lowest BCUT2D eigenvalue weighted by atomic mass is 9.86. The summed E-state index contributed by atoms with van der Waals surface area (Å²) in [4.78, 5) is 15.6. The molecule has 0 aliphatic carbocycles. The molecular formula is C19H23N5OS. The summed E-state index contributed by atoms with van der Waals surface area (Å²) in [5, 5.41) is 13.5. The Hall–Kier alpha value is -2.28. The number of hydrogen-bond acceptors (Lipinski definition) is 5. The molecule has 1 aromatic carbocycles. The zero-order valence-corrected chi connectivity index (χ0v) is 16.2. The van der Waals surface area contributed by atoms with Gasteiger partial charge >= 0.3 is 0 Å². The van der Waals surface area contributed by atoms with E-state index in [0.29, 0.717) is 5.92 Å². The largest absolute Gasteiger partial charge is 0.339 e. The molecule has 0 unspecified atom stereocenters. The predicted octanol–water partition coefficient (Wildman–Crippen LogP) is 3.50. The minimum Gasteiger partial charge on any atom is -0.339 e. The number of carbonyl (C=O) groups excluding carboxylic acids is 1. The first-order valence-corrected chi connectivity index (χ1v) is 9.80. The average molecular weight is 369 g/mol. The van der Waals surface area contributed by atoms with Crippen molar-refractivity contribution in [3.05, 3.63) is 46.7 Å². The van der Waals surface area contributed by atoms with Crippen molar-refractivity contribution in [3.8, 4) is 0 Å². The van der Waals surface area contributed by atoms with Gasteiger partial charge < -0.3 is 4.90 Å². The van der Waals surface area contributed by atoms with Crippen LogP contribution >= 0.6 is 11.3 Å². The van der Waals surface area contributed by atoms with Gasteiger partial charge in [-0.25, -0.2) is 0 Å². The number of fused-ring (bicyclic) bond motifs is 1. The second kappa shape index (κ2) is 6.46. The highest BCUT2D eigenvalue weighted by Gasteiger charge is 2.27. The Labute approximate surface area is 156 Å². The van der Waals surface area contributed by atoms with Crippen LogP contribution in [-0.2, 0) is 5.41 Å². The number of likely N-dealkylation sites (tertiary alicyclic amines) is 1. The molecule has 1 aliphatic rings.